The lowest BCUT2D eigenvalue weighted by Crippen LogP contribution is -2.34. The molecule has 1 aromatic heterocycles. The number of rotatable bonds is 5. The third-order valence-electron chi connectivity index (χ3n) is 2.02. The number of nitrogens with one attached hydrogen (secondary N) is 3. The summed E-state index contributed by atoms with van der Waals surface area (Å²) in [6, 6.07) is 5.16. The molecule has 17 heavy (non-hydrogen) atoms. The highest BCUT2D eigenvalue weighted by Gasteiger charge is 2.06. The fourth-order valence-electron chi connectivity index (χ4n) is 1.21. The molecule has 0 saturated carbocycles. The Labute approximate surface area is 99.8 Å². The molecule has 1 rings (SSSR count). The second-order valence-electron chi connectivity index (χ2n) is 3.40. The molecule has 0 aliphatic heterocycles. The van der Waals surface area contributed by atoms with Crippen LogP contribution in [0.2, 0.25) is 0 Å². The van der Waals surface area contributed by atoms with Crippen LogP contribution < -0.4 is 16.0 Å². The fraction of sp³-hybridized carbons (Fsp3) is 0.364. The lowest BCUT2D eigenvalue weighted by atomic mass is 10.3. The molecule has 0 aromatic carbocycles. The predicted octanol–water partition coefficient (Wildman–Crippen LogP) is -0.0108. The summed E-state index contributed by atoms with van der Waals surface area (Å²) >= 11 is 0. The molecule has 1 aromatic rings. The van der Waals surface area contributed by atoms with Gasteiger partial charge in [0.1, 0.15) is 11.5 Å². The summed E-state index contributed by atoms with van der Waals surface area (Å²) in [5.74, 6) is 0.265. The van der Waals surface area contributed by atoms with Crippen molar-refractivity contribution < 1.29 is 9.59 Å². The smallest absolute Gasteiger partial charge is 0.270 e. The van der Waals surface area contributed by atoms with Crippen molar-refractivity contribution in [2.45, 2.75) is 6.92 Å². The first-order chi connectivity index (χ1) is 8.13. The maximum Gasteiger partial charge on any atom is 0.270 e. The van der Waals surface area contributed by atoms with Gasteiger partial charge in [-0.1, -0.05) is 6.07 Å². The van der Waals surface area contributed by atoms with E-state index in [1.54, 1.807) is 25.2 Å². The van der Waals surface area contributed by atoms with Gasteiger partial charge in [0.25, 0.3) is 5.91 Å². The SMILES string of the molecule is CNc1cccc(C(=O)NCCNC(C)=O)n1. The summed E-state index contributed by atoms with van der Waals surface area (Å²) in [5.41, 5.74) is 0.347. The molecule has 0 unspecified atom stereocenters. The number of amides is 2. The van der Waals surface area contributed by atoms with Crippen LogP contribution >= 0.6 is 0 Å². The van der Waals surface area contributed by atoms with E-state index >= 15 is 0 Å². The molecule has 0 radical (unpaired) electrons. The number of carbonyl (C=O) groups excluding carboxylic acids is 2. The van der Waals surface area contributed by atoms with Gasteiger partial charge in [0, 0.05) is 27.1 Å². The fourth-order valence-corrected chi connectivity index (χ4v) is 1.21. The largest absolute Gasteiger partial charge is 0.373 e. The van der Waals surface area contributed by atoms with Gasteiger partial charge in [0.15, 0.2) is 0 Å². The van der Waals surface area contributed by atoms with Gasteiger partial charge in [-0.25, -0.2) is 4.98 Å². The van der Waals surface area contributed by atoms with E-state index in [2.05, 4.69) is 20.9 Å². The first-order valence-corrected chi connectivity index (χ1v) is 5.31. The van der Waals surface area contributed by atoms with Crippen LogP contribution in [0.1, 0.15) is 17.4 Å². The molecule has 0 atom stereocenters. The normalized spacial score (nSPS) is 9.53. The van der Waals surface area contributed by atoms with Crippen molar-refractivity contribution in [3.63, 3.8) is 0 Å². The van der Waals surface area contributed by atoms with Gasteiger partial charge in [-0.15, -0.1) is 0 Å². The Hall–Kier alpha value is -2.11. The molecule has 1 heterocycles. The third kappa shape index (κ3) is 4.50. The number of pyridine rings is 1. The lowest BCUT2D eigenvalue weighted by Gasteiger charge is -2.06. The van der Waals surface area contributed by atoms with Gasteiger partial charge in [0.05, 0.1) is 0 Å². The van der Waals surface area contributed by atoms with Crippen molar-refractivity contribution in [3.05, 3.63) is 23.9 Å². The molecular weight excluding hydrogens is 220 g/mol. The van der Waals surface area contributed by atoms with E-state index < -0.39 is 0 Å². The number of anilines is 1. The number of hydrogen-bond donors (Lipinski definition) is 3. The van der Waals surface area contributed by atoms with Crippen LogP contribution in [0.3, 0.4) is 0 Å². The first kappa shape index (κ1) is 13.0. The minimum atomic E-state index is -0.257. The molecule has 2 amide bonds. The highest BCUT2D eigenvalue weighted by Crippen LogP contribution is 2.03. The van der Waals surface area contributed by atoms with Crippen LogP contribution in [0.25, 0.3) is 0 Å². The van der Waals surface area contributed by atoms with Crippen molar-refractivity contribution in [3.8, 4) is 0 Å². The molecule has 0 bridgehead atoms. The van der Waals surface area contributed by atoms with E-state index in [1.807, 2.05) is 0 Å². The quantitative estimate of drug-likeness (QED) is 0.628. The summed E-state index contributed by atoms with van der Waals surface area (Å²) in [5, 5.41) is 8.11. The average Bonchev–Trinajstić information content (AvgIpc) is 2.34. The van der Waals surface area contributed by atoms with E-state index in [1.165, 1.54) is 6.92 Å². The van der Waals surface area contributed by atoms with Gasteiger partial charge in [-0.2, -0.15) is 0 Å². The first-order valence-electron chi connectivity index (χ1n) is 5.31. The predicted molar refractivity (Wildman–Crippen MR) is 64.8 cm³/mol. The summed E-state index contributed by atoms with van der Waals surface area (Å²) in [7, 11) is 1.74. The monoisotopic (exact) mass is 236 g/mol. The van der Waals surface area contributed by atoms with Crippen molar-refractivity contribution in [2.24, 2.45) is 0 Å². The third-order valence-corrected chi connectivity index (χ3v) is 2.02. The molecule has 0 saturated heterocycles. The Morgan fingerprint density at radius 2 is 1.94 bits per heavy atom. The summed E-state index contributed by atoms with van der Waals surface area (Å²) in [6.45, 7) is 2.22. The number of carbonyl (C=O) groups is 2. The molecule has 0 fully saturated rings. The minimum absolute atomic E-state index is 0.116. The molecule has 0 spiro atoms. The van der Waals surface area contributed by atoms with Crippen LogP contribution in [-0.4, -0.2) is 36.9 Å². The summed E-state index contributed by atoms with van der Waals surface area (Å²) < 4.78 is 0. The van der Waals surface area contributed by atoms with E-state index in [9.17, 15) is 9.59 Å². The van der Waals surface area contributed by atoms with Crippen LogP contribution in [-0.2, 0) is 4.79 Å². The second kappa shape index (κ2) is 6.47. The Bertz CT molecular complexity index is 406. The molecule has 6 nitrogen and oxygen atoms in total. The minimum Gasteiger partial charge on any atom is -0.373 e. The second-order valence-corrected chi connectivity index (χ2v) is 3.40. The van der Waals surface area contributed by atoms with E-state index in [4.69, 9.17) is 0 Å². The van der Waals surface area contributed by atoms with Crippen LogP contribution in [0.5, 0.6) is 0 Å². The van der Waals surface area contributed by atoms with Gasteiger partial charge in [0.2, 0.25) is 5.91 Å². The number of aromatic nitrogens is 1. The maximum absolute atomic E-state index is 11.6. The van der Waals surface area contributed by atoms with Crippen molar-refractivity contribution in [2.75, 3.05) is 25.5 Å². The zero-order chi connectivity index (χ0) is 12.7. The Kier molecular flexibility index (Phi) is 4.93. The van der Waals surface area contributed by atoms with E-state index in [0.717, 1.165) is 0 Å². The summed E-state index contributed by atoms with van der Waals surface area (Å²) in [4.78, 5) is 26.3. The van der Waals surface area contributed by atoms with Gasteiger partial charge >= 0.3 is 0 Å². The molecule has 0 aliphatic rings. The van der Waals surface area contributed by atoms with Gasteiger partial charge in [-0.05, 0) is 12.1 Å². The lowest BCUT2D eigenvalue weighted by molar-refractivity contribution is -0.118. The van der Waals surface area contributed by atoms with Crippen molar-refractivity contribution in [1.82, 2.24) is 15.6 Å². The van der Waals surface area contributed by atoms with Gasteiger partial charge in [-0.3, -0.25) is 9.59 Å². The van der Waals surface area contributed by atoms with Crippen LogP contribution in [0, 0.1) is 0 Å². The van der Waals surface area contributed by atoms with Gasteiger partial charge < -0.3 is 16.0 Å². The van der Waals surface area contributed by atoms with Crippen LogP contribution in [0.15, 0.2) is 18.2 Å². The van der Waals surface area contributed by atoms with E-state index in [-0.39, 0.29) is 11.8 Å². The number of nitrogens with zero attached hydrogens (tertiary/aromatic N) is 1. The molecular formula is C11H16N4O2. The zero-order valence-corrected chi connectivity index (χ0v) is 9.91. The Balaban J connectivity index is 2.43. The standard InChI is InChI=1S/C11H16N4O2/c1-8(16)13-6-7-14-11(17)9-4-3-5-10(12-2)15-9/h3-5H,6-7H2,1-2H3,(H,12,15)(H,13,16)(H,14,17). The Morgan fingerprint density at radius 1 is 1.24 bits per heavy atom. The summed E-state index contributed by atoms with van der Waals surface area (Å²) in [6.07, 6.45) is 0. The highest BCUT2D eigenvalue weighted by molar-refractivity contribution is 5.92. The Morgan fingerprint density at radius 3 is 2.59 bits per heavy atom. The van der Waals surface area contributed by atoms with E-state index in [0.29, 0.717) is 24.6 Å². The average molecular weight is 236 g/mol. The molecule has 92 valence electrons. The highest BCUT2D eigenvalue weighted by atomic mass is 16.2. The van der Waals surface area contributed by atoms with Crippen LogP contribution in [0.4, 0.5) is 5.82 Å². The van der Waals surface area contributed by atoms with Crippen molar-refractivity contribution in [1.29, 1.82) is 0 Å². The zero-order valence-electron chi connectivity index (χ0n) is 9.91. The maximum atomic E-state index is 11.6. The van der Waals surface area contributed by atoms with Crippen molar-refractivity contribution >= 4 is 17.6 Å². The molecule has 3 N–H and O–H groups in total. The topological polar surface area (TPSA) is 83.1 Å². The molecule has 6 heteroatoms. The molecule has 0 aliphatic carbocycles. The number of hydrogen-bond acceptors (Lipinski definition) is 4.